The summed E-state index contributed by atoms with van der Waals surface area (Å²) in [5.41, 5.74) is 0.498. The van der Waals surface area contributed by atoms with Gasteiger partial charge in [0.15, 0.2) is 0 Å². The number of aliphatic hydroxyl groups is 1. The average Bonchev–Trinajstić information content (AvgIpc) is 2.79. The smallest absolute Gasteiger partial charge is 0.0964 e. The Morgan fingerprint density at radius 1 is 1.14 bits per heavy atom. The molecular weight excluding hydrogens is 172 g/mol. The van der Waals surface area contributed by atoms with E-state index in [-0.39, 0.29) is 0 Å². The van der Waals surface area contributed by atoms with Crippen LogP contribution >= 0.6 is 0 Å². The van der Waals surface area contributed by atoms with E-state index in [9.17, 15) is 5.11 Å². The molecular formula is C13H14O. The first-order valence-electron chi connectivity index (χ1n) is 5.25. The number of benzene rings is 1. The van der Waals surface area contributed by atoms with Crippen molar-refractivity contribution >= 4 is 0 Å². The molecule has 0 aliphatic heterocycles. The molecule has 1 saturated carbocycles. The minimum Gasteiger partial charge on any atom is -0.385 e. The number of fused-ring (bicyclic) bond motifs is 2. The maximum atomic E-state index is 10.6. The third-order valence-corrected chi connectivity index (χ3v) is 3.63. The summed E-state index contributed by atoms with van der Waals surface area (Å²) >= 11 is 0. The van der Waals surface area contributed by atoms with Gasteiger partial charge in [0, 0.05) is 5.92 Å². The molecule has 2 aliphatic carbocycles. The van der Waals surface area contributed by atoms with Crippen LogP contribution in [0.4, 0.5) is 0 Å². The van der Waals surface area contributed by atoms with Crippen LogP contribution in [0.1, 0.15) is 18.4 Å². The van der Waals surface area contributed by atoms with Gasteiger partial charge < -0.3 is 5.11 Å². The lowest BCUT2D eigenvalue weighted by Crippen LogP contribution is -2.30. The molecule has 1 fully saturated rings. The van der Waals surface area contributed by atoms with E-state index in [1.54, 1.807) is 0 Å². The second kappa shape index (κ2) is 2.71. The van der Waals surface area contributed by atoms with E-state index >= 15 is 0 Å². The van der Waals surface area contributed by atoms with E-state index < -0.39 is 5.60 Å². The van der Waals surface area contributed by atoms with Gasteiger partial charge in [-0.25, -0.2) is 0 Å². The summed E-state index contributed by atoms with van der Waals surface area (Å²) in [5, 5.41) is 10.6. The lowest BCUT2D eigenvalue weighted by molar-refractivity contribution is 0.0103. The average molecular weight is 186 g/mol. The van der Waals surface area contributed by atoms with E-state index in [0.29, 0.717) is 11.8 Å². The Balaban J connectivity index is 2.03. The Bertz CT molecular complexity index is 368. The Hall–Kier alpha value is -1.08. The first-order chi connectivity index (χ1) is 6.79. The summed E-state index contributed by atoms with van der Waals surface area (Å²) in [4.78, 5) is 0. The van der Waals surface area contributed by atoms with E-state index in [2.05, 4.69) is 12.2 Å². The fraction of sp³-hybridized carbons (Fsp3) is 0.385. The molecule has 2 bridgehead atoms. The van der Waals surface area contributed by atoms with Crippen molar-refractivity contribution < 1.29 is 5.11 Å². The highest BCUT2D eigenvalue weighted by Crippen LogP contribution is 2.51. The quantitative estimate of drug-likeness (QED) is 0.668. The summed E-state index contributed by atoms with van der Waals surface area (Å²) in [7, 11) is 0. The number of allylic oxidation sites excluding steroid dienone is 1. The van der Waals surface area contributed by atoms with Gasteiger partial charge in [-0.15, -0.1) is 0 Å². The topological polar surface area (TPSA) is 20.2 Å². The van der Waals surface area contributed by atoms with E-state index in [1.807, 2.05) is 30.3 Å². The third-order valence-electron chi connectivity index (χ3n) is 3.63. The summed E-state index contributed by atoms with van der Waals surface area (Å²) in [5.74, 6) is 0.945. The Morgan fingerprint density at radius 3 is 2.50 bits per heavy atom. The molecule has 0 aromatic heterocycles. The Labute approximate surface area is 84.1 Å². The zero-order valence-corrected chi connectivity index (χ0v) is 8.06. The lowest BCUT2D eigenvalue weighted by Gasteiger charge is -2.30. The molecule has 1 N–H and O–H groups in total. The van der Waals surface area contributed by atoms with Crippen LogP contribution in [-0.2, 0) is 5.60 Å². The fourth-order valence-corrected chi connectivity index (χ4v) is 2.89. The Morgan fingerprint density at radius 2 is 1.93 bits per heavy atom. The van der Waals surface area contributed by atoms with Gasteiger partial charge in [0.2, 0.25) is 0 Å². The van der Waals surface area contributed by atoms with Crippen molar-refractivity contribution in [2.24, 2.45) is 11.8 Å². The molecule has 0 saturated heterocycles. The summed E-state index contributed by atoms with van der Waals surface area (Å²) in [6.07, 6.45) is 6.47. The van der Waals surface area contributed by atoms with Gasteiger partial charge in [-0.3, -0.25) is 0 Å². The highest BCUT2D eigenvalue weighted by Gasteiger charge is 2.47. The van der Waals surface area contributed by atoms with Gasteiger partial charge >= 0.3 is 0 Å². The van der Waals surface area contributed by atoms with Crippen LogP contribution in [0.2, 0.25) is 0 Å². The normalized spacial score (nSPS) is 39.2. The molecule has 0 unspecified atom stereocenters. The molecule has 14 heavy (non-hydrogen) atoms. The van der Waals surface area contributed by atoms with Gasteiger partial charge in [0.25, 0.3) is 0 Å². The first-order valence-corrected chi connectivity index (χ1v) is 5.25. The number of rotatable bonds is 1. The molecule has 0 amide bonds. The van der Waals surface area contributed by atoms with E-state index in [1.165, 1.54) is 0 Å². The molecule has 72 valence electrons. The molecule has 1 aromatic carbocycles. The molecule has 0 radical (unpaired) electrons. The van der Waals surface area contributed by atoms with E-state index in [0.717, 1.165) is 18.4 Å². The zero-order chi connectivity index (χ0) is 9.60. The second-order valence-corrected chi connectivity index (χ2v) is 4.48. The van der Waals surface area contributed by atoms with Gasteiger partial charge in [-0.2, -0.15) is 0 Å². The summed E-state index contributed by atoms with van der Waals surface area (Å²) in [6.45, 7) is 0. The maximum absolute atomic E-state index is 10.6. The minimum atomic E-state index is -0.583. The second-order valence-electron chi connectivity index (χ2n) is 4.48. The summed E-state index contributed by atoms with van der Waals surface area (Å²) in [6, 6.07) is 10.1. The van der Waals surface area contributed by atoms with Crippen LogP contribution in [0.15, 0.2) is 42.5 Å². The van der Waals surface area contributed by atoms with Crippen molar-refractivity contribution in [2.45, 2.75) is 18.4 Å². The van der Waals surface area contributed by atoms with Crippen LogP contribution in [-0.4, -0.2) is 5.11 Å². The molecule has 2 aliphatic rings. The van der Waals surface area contributed by atoms with Gasteiger partial charge in [0.1, 0.15) is 0 Å². The van der Waals surface area contributed by atoms with Crippen molar-refractivity contribution in [1.82, 2.24) is 0 Å². The largest absolute Gasteiger partial charge is 0.385 e. The van der Waals surface area contributed by atoms with Crippen LogP contribution in [0, 0.1) is 11.8 Å². The first kappa shape index (κ1) is 8.25. The molecule has 3 atom stereocenters. The van der Waals surface area contributed by atoms with Gasteiger partial charge in [-0.05, 0) is 24.3 Å². The highest BCUT2D eigenvalue weighted by atomic mass is 16.3. The highest BCUT2D eigenvalue weighted by molar-refractivity contribution is 5.30. The molecule has 0 spiro atoms. The predicted molar refractivity (Wildman–Crippen MR) is 55.7 cm³/mol. The van der Waals surface area contributed by atoms with Gasteiger partial charge in [-0.1, -0.05) is 42.5 Å². The SMILES string of the molecule is O[C@@]1(c2ccccc2)C[C@H]2C=C[C@H]1C2. The van der Waals surface area contributed by atoms with Crippen LogP contribution < -0.4 is 0 Å². The predicted octanol–water partition coefficient (Wildman–Crippen LogP) is 2.47. The van der Waals surface area contributed by atoms with Crippen molar-refractivity contribution in [1.29, 1.82) is 0 Å². The van der Waals surface area contributed by atoms with Crippen molar-refractivity contribution in [3.63, 3.8) is 0 Å². The van der Waals surface area contributed by atoms with Crippen LogP contribution in [0.3, 0.4) is 0 Å². The molecule has 3 rings (SSSR count). The fourth-order valence-electron chi connectivity index (χ4n) is 2.89. The molecule has 1 nitrogen and oxygen atoms in total. The van der Waals surface area contributed by atoms with Crippen molar-refractivity contribution in [2.75, 3.05) is 0 Å². The van der Waals surface area contributed by atoms with Crippen molar-refractivity contribution in [3.05, 3.63) is 48.0 Å². The zero-order valence-electron chi connectivity index (χ0n) is 8.06. The van der Waals surface area contributed by atoms with E-state index in [4.69, 9.17) is 0 Å². The third kappa shape index (κ3) is 0.992. The standard InChI is InChI=1S/C13H14O/c14-13(11-4-2-1-3-5-11)9-10-6-7-12(13)8-10/h1-7,10,12,14H,8-9H2/t10-,12-,13+/m0/s1. The number of hydrogen-bond donors (Lipinski definition) is 1. The van der Waals surface area contributed by atoms with Crippen molar-refractivity contribution in [3.8, 4) is 0 Å². The monoisotopic (exact) mass is 186 g/mol. The minimum absolute atomic E-state index is 0.342. The van der Waals surface area contributed by atoms with Crippen LogP contribution in [0.5, 0.6) is 0 Å². The molecule has 0 heterocycles. The lowest BCUT2D eigenvalue weighted by atomic mass is 9.82. The number of hydrogen-bond acceptors (Lipinski definition) is 1. The van der Waals surface area contributed by atoms with Gasteiger partial charge in [0.05, 0.1) is 5.60 Å². The molecule has 1 aromatic rings. The molecule has 1 heteroatoms. The van der Waals surface area contributed by atoms with Crippen LogP contribution in [0.25, 0.3) is 0 Å². The summed E-state index contributed by atoms with van der Waals surface area (Å²) < 4.78 is 0. The maximum Gasteiger partial charge on any atom is 0.0964 e. The Kier molecular flexibility index (Phi) is 1.59.